The Morgan fingerprint density at radius 3 is 2.42 bits per heavy atom. The predicted octanol–water partition coefficient (Wildman–Crippen LogP) is 5.03. The van der Waals surface area contributed by atoms with Crippen LogP contribution in [0.25, 0.3) is 10.4 Å². The van der Waals surface area contributed by atoms with Crippen molar-refractivity contribution in [3.8, 4) is 16.2 Å². The Morgan fingerprint density at radius 1 is 1.29 bits per heavy atom. The lowest BCUT2D eigenvalue weighted by molar-refractivity contribution is -0.143. The third-order valence-electron chi connectivity index (χ3n) is 4.98. The molecule has 166 valence electrons. The second kappa shape index (κ2) is 9.23. The molecular weight excluding hydrogens is 451 g/mol. The number of hydrogen-bond donors (Lipinski definition) is 2. The van der Waals surface area contributed by atoms with Gasteiger partial charge in [-0.05, 0) is 49.7 Å². The van der Waals surface area contributed by atoms with Crippen molar-refractivity contribution in [1.29, 1.82) is 0 Å². The number of halogens is 3. The zero-order valence-corrected chi connectivity index (χ0v) is 18.1. The van der Waals surface area contributed by atoms with Gasteiger partial charge in [0.2, 0.25) is 0 Å². The van der Waals surface area contributed by atoms with Crippen LogP contribution in [0.5, 0.6) is 5.75 Å². The number of benzene rings is 1. The normalized spacial score (nSPS) is 15.4. The first-order valence-electron chi connectivity index (χ1n) is 9.42. The number of hydrazone groups is 1. The average Bonchev–Trinajstić information content (AvgIpc) is 3.12. The second-order valence-corrected chi connectivity index (χ2v) is 8.19. The highest BCUT2D eigenvalue weighted by atomic mass is 32.1. The number of carboxylic acids is 1. The van der Waals surface area contributed by atoms with Gasteiger partial charge in [-0.15, -0.1) is 11.3 Å². The Balaban J connectivity index is 1.84. The number of anilines is 1. The Morgan fingerprint density at radius 2 is 1.90 bits per heavy atom. The van der Waals surface area contributed by atoms with Crippen LogP contribution in [0.15, 0.2) is 34.7 Å². The average molecular weight is 472 g/mol. The van der Waals surface area contributed by atoms with Gasteiger partial charge < -0.3 is 15.1 Å². The van der Waals surface area contributed by atoms with Crippen LogP contribution >= 0.6 is 23.6 Å². The highest BCUT2D eigenvalue weighted by Crippen LogP contribution is 2.44. The molecule has 2 aromatic rings. The largest absolute Gasteiger partial charge is 0.504 e. The first kappa shape index (κ1) is 23.0. The monoisotopic (exact) mass is 471 g/mol. The van der Waals surface area contributed by atoms with Crippen molar-refractivity contribution in [3.05, 3.63) is 35.2 Å². The summed E-state index contributed by atoms with van der Waals surface area (Å²) in [5.41, 5.74) is -0.0191. The smallest absolute Gasteiger partial charge is 0.416 e. The van der Waals surface area contributed by atoms with E-state index < -0.39 is 23.6 Å². The Kier molecular flexibility index (Phi) is 6.85. The number of thiocarbonyl (C=S) groups is 1. The minimum Gasteiger partial charge on any atom is -0.504 e. The lowest BCUT2D eigenvalue weighted by Crippen LogP contribution is -2.45. The van der Waals surface area contributed by atoms with E-state index in [9.17, 15) is 23.1 Å². The number of carboxylic acid groups (broad SMARTS) is 1. The molecule has 0 bridgehead atoms. The van der Waals surface area contributed by atoms with Crippen molar-refractivity contribution in [2.45, 2.75) is 25.9 Å². The molecule has 3 rings (SSSR count). The lowest BCUT2D eigenvalue weighted by Gasteiger charge is -2.35. The molecule has 1 fully saturated rings. The number of piperidine rings is 1. The van der Waals surface area contributed by atoms with Gasteiger partial charge in [-0.2, -0.15) is 18.3 Å². The highest BCUT2D eigenvalue weighted by Gasteiger charge is 2.31. The van der Waals surface area contributed by atoms with Crippen molar-refractivity contribution < 1.29 is 28.2 Å². The molecule has 2 N–H and O–H groups in total. The van der Waals surface area contributed by atoms with Gasteiger partial charge in [0.25, 0.3) is 0 Å². The number of aliphatic carboxylic acids is 1. The predicted molar refractivity (Wildman–Crippen MR) is 118 cm³/mol. The molecule has 1 aliphatic rings. The minimum atomic E-state index is -4.44. The van der Waals surface area contributed by atoms with Crippen LogP contribution in [-0.2, 0) is 11.0 Å². The maximum atomic E-state index is 12.8. The first-order chi connectivity index (χ1) is 14.6. The van der Waals surface area contributed by atoms with E-state index >= 15 is 0 Å². The van der Waals surface area contributed by atoms with Crippen LogP contribution in [0.4, 0.5) is 18.9 Å². The molecule has 1 aromatic heterocycles. The summed E-state index contributed by atoms with van der Waals surface area (Å²) < 4.78 is 38.4. The van der Waals surface area contributed by atoms with Gasteiger partial charge in [0.15, 0.2) is 10.9 Å². The summed E-state index contributed by atoms with van der Waals surface area (Å²) >= 11 is 6.71. The third kappa shape index (κ3) is 4.99. The summed E-state index contributed by atoms with van der Waals surface area (Å²) in [4.78, 5) is 13.4. The van der Waals surface area contributed by atoms with E-state index in [1.165, 1.54) is 23.4 Å². The molecule has 0 saturated carbocycles. The van der Waals surface area contributed by atoms with E-state index in [1.54, 1.807) is 12.3 Å². The Hall–Kier alpha value is -2.66. The topological polar surface area (TPSA) is 76.4 Å². The fraction of sp³-hybridized carbons (Fsp3) is 0.350. The van der Waals surface area contributed by atoms with Crippen LogP contribution in [0.2, 0.25) is 0 Å². The fourth-order valence-corrected chi connectivity index (χ4v) is 4.55. The maximum Gasteiger partial charge on any atom is 0.416 e. The van der Waals surface area contributed by atoms with E-state index in [-0.39, 0.29) is 5.75 Å². The van der Waals surface area contributed by atoms with Crippen molar-refractivity contribution in [2.24, 2.45) is 11.0 Å². The van der Waals surface area contributed by atoms with Gasteiger partial charge in [0.05, 0.1) is 16.4 Å². The molecule has 0 atom stereocenters. The standard InChI is InChI=1S/C20H20F3N3O3S2/c1-2-24-26(19(30)25-9-7-13(8-10-25)18(28)29)15-11-31-17(16(15)27)12-3-5-14(6-4-12)20(21,22)23/h2-6,11,13,27H,7-10H2,1H3,(H,28,29). The van der Waals surface area contributed by atoms with Gasteiger partial charge in [0.1, 0.15) is 5.69 Å². The van der Waals surface area contributed by atoms with Crippen LogP contribution in [0.1, 0.15) is 25.3 Å². The van der Waals surface area contributed by atoms with Crippen LogP contribution in [0, 0.1) is 5.92 Å². The van der Waals surface area contributed by atoms with Crippen molar-refractivity contribution in [3.63, 3.8) is 0 Å². The molecule has 6 nitrogen and oxygen atoms in total. The van der Waals surface area contributed by atoms with Crippen molar-refractivity contribution >= 4 is 46.5 Å². The van der Waals surface area contributed by atoms with Crippen LogP contribution in [-0.4, -0.2) is 45.5 Å². The number of nitrogens with zero attached hydrogens (tertiary/aromatic N) is 3. The number of aromatic hydroxyl groups is 1. The van der Waals surface area contributed by atoms with Gasteiger partial charge in [-0.25, -0.2) is 5.01 Å². The lowest BCUT2D eigenvalue weighted by atomic mass is 9.97. The first-order valence-corrected chi connectivity index (χ1v) is 10.7. The quantitative estimate of drug-likeness (QED) is 0.370. The number of hydrogen-bond acceptors (Lipinski definition) is 5. The zero-order valence-electron chi connectivity index (χ0n) is 16.5. The van der Waals surface area contributed by atoms with Crippen molar-refractivity contribution in [1.82, 2.24) is 4.90 Å². The molecule has 0 aliphatic carbocycles. The Labute approximate surface area is 186 Å². The van der Waals surface area contributed by atoms with E-state index in [2.05, 4.69) is 5.10 Å². The number of thiophene rings is 1. The summed E-state index contributed by atoms with van der Waals surface area (Å²) in [7, 11) is 0. The Bertz CT molecular complexity index is 982. The number of rotatable bonds is 4. The molecule has 31 heavy (non-hydrogen) atoms. The molecular formula is C20H20F3N3O3S2. The summed E-state index contributed by atoms with van der Waals surface area (Å²) in [5, 5.41) is 27.5. The number of carbonyl (C=O) groups is 1. The second-order valence-electron chi connectivity index (χ2n) is 6.94. The van der Waals surface area contributed by atoms with Gasteiger partial charge >= 0.3 is 12.1 Å². The van der Waals surface area contributed by atoms with E-state index in [0.717, 1.165) is 23.5 Å². The fourth-order valence-electron chi connectivity index (χ4n) is 3.29. The summed E-state index contributed by atoms with van der Waals surface area (Å²) in [6.07, 6.45) is -2.03. The molecule has 1 aromatic carbocycles. The number of likely N-dealkylation sites (tertiary alicyclic amines) is 1. The third-order valence-corrected chi connectivity index (χ3v) is 6.41. The van der Waals surface area contributed by atoms with Gasteiger partial charge in [-0.3, -0.25) is 4.79 Å². The molecule has 11 heteroatoms. The van der Waals surface area contributed by atoms with Crippen molar-refractivity contribution in [2.75, 3.05) is 18.1 Å². The summed E-state index contributed by atoms with van der Waals surface area (Å²) in [6.45, 7) is 2.58. The van der Waals surface area contributed by atoms with Crippen LogP contribution < -0.4 is 5.01 Å². The molecule has 2 heterocycles. The van der Waals surface area contributed by atoms with Gasteiger partial charge in [0, 0.05) is 24.7 Å². The number of alkyl halides is 3. The molecule has 0 amide bonds. The van der Waals surface area contributed by atoms with E-state index in [1.807, 2.05) is 4.90 Å². The molecule has 0 radical (unpaired) electrons. The van der Waals surface area contributed by atoms with E-state index in [4.69, 9.17) is 17.3 Å². The molecule has 0 unspecified atom stereocenters. The SMILES string of the molecule is CC=NN(C(=S)N1CCC(C(=O)O)CC1)c1csc(-c2ccc(C(F)(F)F)cc2)c1O. The van der Waals surface area contributed by atoms with Crippen LogP contribution in [0.3, 0.4) is 0 Å². The van der Waals surface area contributed by atoms with Gasteiger partial charge in [-0.1, -0.05) is 12.1 Å². The van der Waals surface area contributed by atoms with E-state index in [0.29, 0.717) is 47.2 Å². The summed E-state index contributed by atoms with van der Waals surface area (Å²) in [6, 6.07) is 4.54. The molecule has 0 spiro atoms. The molecule has 1 saturated heterocycles. The summed E-state index contributed by atoms with van der Waals surface area (Å²) in [5.74, 6) is -1.38. The molecule has 1 aliphatic heterocycles. The maximum absolute atomic E-state index is 12.8. The highest BCUT2D eigenvalue weighted by molar-refractivity contribution is 7.80. The minimum absolute atomic E-state index is 0.141. The zero-order chi connectivity index (χ0) is 22.8.